The van der Waals surface area contributed by atoms with Gasteiger partial charge < -0.3 is 14.6 Å². The molecule has 0 aromatic heterocycles. The van der Waals surface area contributed by atoms with Crippen molar-refractivity contribution in [2.75, 3.05) is 40.0 Å². The molecule has 4 heteroatoms. The number of hydrogen-bond donors (Lipinski definition) is 1. The number of methoxy groups -OCH3 is 1. The first-order valence-electron chi connectivity index (χ1n) is 8.03. The number of ether oxygens (including phenoxy) is 2. The predicted octanol–water partition coefficient (Wildman–Crippen LogP) is 2.15. The molecule has 1 aromatic rings. The normalized spacial score (nSPS) is 12.3. The van der Waals surface area contributed by atoms with Crippen molar-refractivity contribution >= 4 is 0 Å². The largest absolute Gasteiger partial charge is 0.389 e. The molecule has 0 amide bonds. The molecule has 0 radical (unpaired) electrons. The maximum absolute atomic E-state index is 10.1. The summed E-state index contributed by atoms with van der Waals surface area (Å²) >= 11 is 0. The third-order valence-electron chi connectivity index (χ3n) is 3.69. The van der Waals surface area contributed by atoms with Gasteiger partial charge in [-0.05, 0) is 31.4 Å². The van der Waals surface area contributed by atoms with E-state index in [2.05, 4.69) is 42.9 Å². The molecular weight excluding hydrogens is 290 g/mol. The van der Waals surface area contributed by atoms with Crippen LogP contribution in [0.5, 0.6) is 0 Å². The number of benzene rings is 1. The molecule has 0 heterocycles. The van der Waals surface area contributed by atoms with Gasteiger partial charge in [0.15, 0.2) is 0 Å². The second-order valence-electron chi connectivity index (χ2n) is 5.88. The fourth-order valence-corrected chi connectivity index (χ4v) is 2.48. The number of terminal acetylenes is 1. The lowest BCUT2D eigenvalue weighted by Gasteiger charge is -2.26. The summed E-state index contributed by atoms with van der Waals surface area (Å²) in [6, 6.07) is 6.47. The van der Waals surface area contributed by atoms with Gasteiger partial charge in [-0.25, -0.2) is 0 Å². The van der Waals surface area contributed by atoms with Gasteiger partial charge in [0, 0.05) is 33.4 Å². The minimum absolute atomic E-state index is 0.234. The SMILES string of the molecule is C#CCOCC(O)CN(CCCOC)Cc1cc(C)ccc1C. The summed E-state index contributed by atoms with van der Waals surface area (Å²) in [5, 5.41) is 10.1. The third kappa shape index (κ3) is 8.15. The molecule has 1 N–H and O–H groups in total. The molecule has 1 unspecified atom stereocenters. The lowest BCUT2D eigenvalue weighted by Crippen LogP contribution is -2.35. The van der Waals surface area contributed by atoms with Crippen molar-refractivity contribution in [3.8, 4) is 12.3 Å². The van der Waals surface area contributed by atoms with Crippen LogP contribution in [-0.2, 0) is 16.0 Å². The second-order valence-corrected chi connectivity index (χ2v) is 5.88. The van der Waals surface area contributed by atoms with E-state index in [0.717, 1.165) is 19.5 Å². The van der Waals surface area contributed by atoms with Gasteiger partial charge in [0.2, 0.25) is 0 Å². The maximum Gasteiger partial charge on any atom is 0.107 e. The average molecular weight is 319 g/mol. The first kappa shape index (κ1) is 19.7. The van der Waals surface area contributed by atoms with E-state index in [9.17, 15) is 5.11 Å². The van der Waals surface area contributed by atoms with Gasteiger partial charge in [0.05, 0.1) is 12.7 Å². The molecule has 0 aliphatic carbocycles. The Morgan fingerprint density at radius 3 is 2.83 bits per heavy atom. The molecule has 1 rings (SSSR count). The first-order valence-corrected chi connectivity index (χ1v) is 8.03. The van der Waals surface area contributed by atoms with Crippen LogP contribution in [0.1, 0.15) is 23.1 Å². The molecular formula is C19H29NO3. The maximum atomic E-state index is 10.1. The first-order chi connectivity index (χ1) is 11.1. The van der Waals surface area contributed by atoms with E-state index < -0.39 is 6.10 Å². The van der Waals surface area contributed by atoms with E-state index in [1.54, 1.807) is 7.11 Å². The number of aliphatic hydroxyl groups excluding tert-OH is 1. The highest BCUT2D eigenvalue weighted by molar-refractivity contribution is 5.30. The Morgan fingerprint density at radius 1 is 1.35 bits per heavy atom. The smallest absolute Gasteiger partial charge is 0.107 e. The van der Waals surface area contributed by atoms with Crippen LogP contribution in [-0.4, -0.2) is 56.1 Å². The lowest BCUT2D eigenvalue weighted by molar-refractivity contribution is 0.0244. The zero-order valence-electron chi connectivity index (χ0n) is 14.5. The van der Waals surface area contributed by atoms with Crippen molar-refractivity contribution in [3.05, 3.63) is 34.9 Å². The Kier molecular flexibility index (Phi) is 9.58. The fourth-order valence-electron chi connectivity index (χ4n) is 2.48. The molecule has 0 saturated carbocycles. The molecule has 0 saturated heterocycles. The van der Waals surface area contributed by atoms with Gasteiger partial charge in [0.25, 0.3) is 0 Å². The van der Waals surface area contributed by atoms with E-state index in [0.29, 0.717) is 13.2 Å². The molecule has 1 atom stereocenters. The van der Waals surface area contributed by atoms with Crippen LogP contribution in [0.3, 0.4) is 0 Å². The van der Waals surface area contributed by atoms with Crippen molar-refractivity contribution in [2.45, 2.75) is 32.9 Å². The lowest BCUT2D eigenvalue weighted by atomic mass is 10.0. The Bertz CT molecular complexity index is 496. The Hall–Kier alpha value is -1.38. The van der Waals surface area contributed by atoms with E-state index >= 15 is 0 Å². The summed E-state index contributed by atoms with van der Waals surface area (Å²) in [4.78, 5) is 2.24. The molecule has 4 nitrogen and oxygen atoms in total. The zero-order chi connectivity index (χ0) is 17.1. The number of aryl methyl sites for hydroxylation is 2. The van der Waals surface area contributed by atoms with Crippen LogP contribution in [0.15, 0.2) is 18.2 Å². The summed E-state index contributed by atoms with van der Waals surface area (Å²) in [7, 11) is 1.71. The minimum Gasteiger partial charge on any atom is -0.389 e. The van der Waals surface area contributed by atoms with E-state index in [1.165, 1.54) is 16.7 Å². The van der Waals surface area contributed by atoms with Gasteiger partial charge in [0.1, 0.15) is 6.61 Å². The van der Waals surface area contributed by atoms with Crippen molar-refractivity contribution in [2.24, 2.45) is 0 Å². The molecule has 0 bridgehead atoms. The van der Waals surface area contributed by atoms with Crippen LogP contribution >= 0.6 is 0 Å². The van der Waals surface area contributed by atoms with Crippen LogP contribution in [0, 0.1) is 26.2 Å². The van der Waals surface area contributed by atoms with Crippen molar-refractivity contribution in [3.63, 3.8) is 0 Å². The quantitative estimate of drug-likeness (QED) is 0.501. The Labute approximate surface area is 140 Å². The fraction of sp³-hybridized carbons (Fsp3) is 0.579. The summed E-state index contributed by atoms with van der Waals surface area (Å²) in [6.45, 7) is 7.66. The van der Waals surface area contributed by atoms with Crippen LogP contribution in [0.4, 0.5) is 0 Å². The summed E-state index contributed by atoms with van der Waals surface area (Å²) in [5.41, 5.74) is 3.81. The van der Waals surface area contributed by atoms with Crippen molar-refractivity contribution in [1.29, 1.82) is 0 Å². The zero-order valence-corrected chi connectivity index (χ0v) is 14.5. The number of hydrogen-bond acceptors (Lipinski definition) is 4. The van der Waals surface area contributed by atoms with Crippen LogP contribution < -0.4 is 0 Å². The van der Waals surface area contributed by atoms with Crippen LogP contribution in [0.25, 0.3) is 0 Å². The molecule has 23 heavy (non-hydrogen) atoms. The molecule has 0 aliphatic heterocycles. The number of aliphatic hydroxyl groups is 1. The standard InChI is InChI=1S/C19H29NO3/c1-5-10-23-15-19(21)14-20(9-6-11-22-4)13-18-12-16(2)7-8-17(18)3/h1,7-8,12,19,21H,6,9-11,13-15H2,2-4H3. The predicted molar refractivity (Wildman–Crippen MR) is 93.3 cm³/mol. The van der Waals surface area contributed by atoms with Gasteiger partial charge in [-0.15, -0.1) is 6.42 Å². The van der Waals surface area contributed by atoms with Crippen molar-refractivity contribution in [1.82, 2.24) is 4.90 Å². The highest BCUT2D eigenvalue weighted by Crippen LogP contribution is 2.14. The molecule has 0 fully saturated rings. The molecule has 128 valence electrons. The van der Waals surface area contributed by atoms with Crippen LogP contribution in [0.2, 0.25) is 0 Å². The highest BCUT2D eigenvalue weighted by atomic mass is 16.5. The Morgan fingerprint density at radius 2 is 2.13 bits per heavy atom. The van der Waals surface area contributed by atoms with Gasteiger partial charge >= 0.3 is 0 Å². The number of nitrogens with zero attached hydrogens (tertiary/aromatic N) is 1. The van der Waals surface area contributed by atoms with E-state index in [1.807, 2.05) is 0 Å². The summed E-state index contributed by atoms with van der Waals surface area (Å²) in [6.07, 6.45) is 5.53. The second kappa shape index (κ2) is 11.2. The molecule has 0 aliphatic rings. The van der Waals surface area contributed by atoms with E-state index in [4.69, 9.17) is 15.9 Å². The van der Waals surface area contributed by atoms with E-state index in [-0.39, 0.29) is 13.2 Å². The third-order valence-corrected chi connectivity index (χ3v) is 3.69. The minimum atomic E-state index is -0.545. The number of rotatable bonds is 11. The monoisotopic (exact) mass is 319 g/mol. The van der Waals surface area contributed by atoms with Gasteiger partial charge in [-0.3, -0.25) is 4.90 Å². The molecule has 1 aromatic carbocycles. The topological polar surface area (TPSA) is 41.9 Å². The molecule has 0 spiro atoms. The van der Waals surface area contributed by atoms with Crippen molar-refractivity contribution < 1.29 is 14.6 Å². The highest BCUT2D eigenvalue weighted by Gasteiger charge is 2.13. The average Bonchev–Trinajstić information content (AvgIpc) is 2.51. The summed E-state index contributed by atoms with van der Waals surface area (Å²) < 4.78 is 10.4. The van der Waals surface area contributed by atoms with Gasteiger partial charge in [-0.1, -0.05) is 29.7 Å². The summed E-state index contributed by atoms with van der Waals surface area (Å²) in [5.74, 6) is 2.41. The van der Waals surface area contributed by atoms with Gasteiger partial charge in [-0.2, -0.15) is 0 Å². The Balaban J connectivity index is 2.63.